The minimum absolute atomic E-state index is 0.0417. The summed E-state index contributed by atoms with van der Waals surface area (Å²) in [6, 6.07) is 17.4. The van der Waals surface area contributed by atoms with Gasteiger partial charge in [-0.3, -0.25) is 4.79 Å². The number of nitriles is 1. The van der Waals surface area contributed by atoms with Crippen LogP contribution in [0, 0.1) is 11.3 Å². The molecule has 0 fully saturated rings. The number of hydrogen-bond acceptors (Lipinski definition) is 3. The molecule has 2 aromatic carbocycles. The van der Waals surface area contributed by atoms with Crippen LogP contribution in [0.2, 0.25) is 0 Å². The van der Waals surface area contributed by atoms with E-state index < -0.39 is 0 Å². The molecule has 0 radical (unpaired) electrons. The highest BCUT2D eigenvalue weighted by atomic mass is 16.1. The normalized spacial score (nSPS) is 16.1. The molecule has 138 valence electrons. The van der Waals surface area contributed by atoms with Crippen molar-refractivity contribution in [1.29, 1.82) is 5.26 Å². The molecule has 0 spiro atoms. The molecule has 1 atom stereocenters. The largest absolute Gasteiger partial charge is 0.357 e. The molecule has 1 heterocycles. The van der Waals surface area contributed by atoms with E-state index in [0.29, 0.717) is 31.0 Å². The zero-order chi connectivity index (χ0) is 19.1. The highest BCUT2D eigenvalue weighted by molar-refractivity contribution is 5.94. The molecule has 0 aliphatic carbocycles. The molecule has 2 aromatic rings. The van der Waals surface area contributed by atoms with Crippen molar-refractivity contribution in [2.24, 2.45) is 4.99 Å². The van der Waals surface area contributed by atoms with Gasteiger partial charge < -0.3 is 16.0 Å². The topological polar surface area (TPSA) is 89.3 Å². The van der Waals surface area contributed by atoms with Crippen molar-refractivity contribution in [2.75, 3.05) is 18.4 Å². The average molecular weight is 361 g/mol. The van der Waals surface area contributed by atoms with Gasteiger partial charge in [-0.2, -0.15) is 5.26 Å². The number of aliphatic imine (C=N–C) groups is 1. The summed E-state index contributed by atoms with van der Waals surface area (Å²) in [6.07, 6.45) is 0.457. The summed E-state index contributed by atoms with van der Waals surface area (Å²) >= 11 is 0. The number of amides is 1. The van der Waals surface area contributed by atoms with Crippen molar-refractivity contribution in [3.63, 3.8) is 0 Å². The molecule has 1 unspecified atom stereocenters. The Kier molecular flexibility index (Phi) is 6.06. The van der Waals surface area contributed by atoms with Gasteiger partial charge in [0, 0.05) is 31.1 Å². The summed E-state index contributed by atoms with van der Waals surface area (Å²) in [5, 5.41) is 18.4. The third kappa shape index (κ3) is 4.85. The Labute approximate surface area is 159 Å². The molecule has 0 saturated carbocycles. The van der Waals surface area contributed by atoms with Crippen LogP contribution in [0.5, 0.6) is 0 Å². The Morgan fingerprint density at radius 2 is 2.00 bits per heavy atom. The second-order valence-electron chi connectivity index (χ2n) is 6.42. The number of benzene rings is 2. The SMILES string of the molecule is CCNC(=NCc1ccc(C#N)cc1)NCC1CC(=O)Nc2ccccc21. The van der Waals surface area contributed by atoms with Crippen molar-refractivity contribution < 1.29 is 4.79 Å². The van der Waals surface area contributed by atoms with E-state index >= 15 is 0 Å². The van der Waals surface area contributed by atoms with Crippen LogP contribution in [0.4, 0.5) is 5.69 Å². The Bertz CT molecular complexity index is 867. The Morgan fingerprint density at radius 1 is 1.22 bits per heavy atom. The Balaban J connectivity index is 1.66. The number of guanidine groups is 1. The number of anilines is 1. The van der Waals surface area contributed by atoms with Crippen LogP contribution in [-0.2, 0) is 11.3 Å². The maximum atomic E-state index is 12.0. The van der Waals surface area contributed by atoms with Crippen LogP contribution < -0.4 is 16.0 Å². The first-order chi connectivity index (χ1) is 13.2. The fourth-order valence-electron chi connectivity index (χ4n) is 3.10. The number of rotatable bonds is 5. The van der Waals surface area contributed by atoms with E-state index in [9.17, 15) is 4.79 Å². The predicted molar refractivity (Wildman–Crippen MR) is 106 cm³/mol. The van der Waals surface area contributed by atoms with Crippen LogP contribution in [0.25, 0.3) is 0 Å². The third-order valence-electron chi connectivity index (χ3n) is 4.47. The molecule has 1 amide bonds. The predicted octanol–water partition coefficient (Wildman–Crippen LogP) is 2.74. The first-order valence-corrected chi connectivity index (χ1v) is 9.09. The lowest BCUT2D eigenvalue weighted by molar-refractivity contribution is -0.116. The van der Waals surface area contributed by atoms with Gasteiger partial charge in [0.15, 0.2) is 5.96 Å². The standard InChI is InChI=1S/C21H23N5O/c1-2-23-21(24-13-16-9-7-15(12-22)8-10-16)25-14-17-11-20(27)26-19-6-4-3-5-18(17)19/h3-10,17H,2,11,13-14H2,1H3,(H,26,27)(H2,23,24,25). The lowest BCUT2D eigenvalue weighted by atomic mass is 9.90. The molecule has 6 nitrogen and oxygen atoms in total. The van der Waals surface area contributed by atoms with Crippen molar-refractivity contribution >= 4 is 17.6 Å². The zero-order valence-electron chi connectivity index (χ0n) is 15.3. The molecule has 27 heavy (non-hydrogen) atoms. The number of para-hydroxylation sites is 1. The first kappa shape index (κ1) is 18.5. The minimum atomic E-state index is 0.0417. The average Bonchev–Trinajstić information content (AvgIpc) is 2.70. The van der Waals surface area contributed by atoms with Gasteiger partial charge in [-0.05, 0) is 36.2 Å². The van der Waals surface area contributed by atoms with Crippen LogP contribution in [-0.4, -0.2) is 25.0 Å². The third-order valence-corrected chi connectivity index (χ3v) is 4.47. The molecule has 1 aliphatic heterocycles. The second-order valence-corrected chi connectivity index (χ2v) is 6.42. The highest BCUT2D eigenvalue weighted by Gasteiger charge is 2.24. The quantitative estimate of drug-likeness (QED) is 0.564. The van der Waals surface area contributed by atoms with Gasteiger partial charge in [0.05, 0.1) is 18.2 Å². The fraction of sp³-hybridized carbons (Fsp3) is 0.286. The number of fused-ring (bicyclic) bond motifs is 1. The molecule has 1 aliphatic rings. The summed E-state index contributed by atoms with van der Waals surface area (Å²) in [4.78, 5) is 16.6. The van der Waals surface area contributed by atoms with Crippen molar-refractivity contribution in [1.82, 2.24) is 10.6 Å². The van der Waals surface area contributed by atoms with Gasteiger partial charge in [0.25, 0.3) is 0 Å². The minimum Gasteiger partial charge on any atom is -0.357 e. The van der Waals surface area contributed by atoms with Crippen LogP contribution in [0.15, 0.2) is 53.5 Å². The van der Waals surface area contributed by atoms with E-state index in [1.165, 1.54) is 0 Å². The molecular weight excluding hydrogens is 338 g/mol. The highest BCUT2D eigenvalue weighted by Crippen LogP contribution is 2.31. The van der Waals surface area contributed by atoms with E-state index in [4.69, 9.17) is 5.26 Å². The van der Waals surface area contributed by atoms with Crippen LogP contribution in [0.3, 0.4) is 0 Å². The summed E-state index contributed by atoms with van der Waals surface area (Å²) in [5.74, 6) is 0.860. The van der Waals surface area contributed by atoms with E-state index in [1.807, 2.05) is 37.3 Å². The second kappa shape index (κ2) is 8.86. The van der Waals surface area contributed by atoms with E-state index in [1.54, 1.807) is 12.1 Å². The van der Waals surface area contributed by atoms with Crippen LogP contribution in [0.1, 0.15) is 36.0 Å². The molecular formula is C21H23N5O. The van der Waals surface area contributed by atoms with Gasteiger partial charge in [0.1, 0.15) is 0 Å². The van der Waals surface area contributed by atoms with E-state index in [-0.39, 0.29) is 11.8 Å². The Morgan fingerprint density at radius 3 is 2.74 bits per heavy atom. The summed E-state index contributed by atoms with van der Waals surface area (Å²) in [5.41, 5.74) is 3.71. The molecule has 0 bridgehead atoms. The Hall–Kier alpha value is -3.33. The first-order valence-electron chi connectivity index (χ1n) is 9.09. The van der Waals surface area contributed by atoms with E-state index in [0.717, 1.165) is 23.4 Å². The van der Waals surface area contributed by atoms with Gasteiger partial charge in [-0.15, -0.1) is 0 Å². The molecule has 3 N–H and O–H groups in total. The number of nitrogens with zero attached hydrogens (tertiary/aromatic N) is 2. The lowest BCUT2D eigenvalue weighted by Gasteiger charge is -2.26. The molecule has 3 rings (SSSR count). The number of carbonyl (C=O) groups excluding carboxylic acids is 1. The fourth-order valence-corrected chi connectivity index (χ4v) is 3.10. The zero-order valence-corrected chi connectivity index (χ0v) is 15.3. The summed E-state index contributed by atoms with van der Waals surface area (Å²) in [7, 11) is 0. The number of carbonyl (C=O) groups is 1. The number of hydrogen-bond donors (Lipinski definition) is 3. The van der Waals surface area contributed by atoms with Gasteiger partial charge in [-0.25, -0.2) is 4.99 Å². The monoisotopic (exact) mass is 361 g/mol. The smallest absolute Gasteiger partial charge is 0.225 e. The lowest BCUT2D eigenvalue weighted by Crippen LogP contribution is -2.40. The molecule has 0 aromatic heterocycles. The molecule has 6 heteroatoms. The van der Waals surface area contributed by atoms with Crippen molar-refractivity contribution in [2.45, 2.75) is 25.8 Å². The summed E-state index contributed by atoms with van der Waals surface area (Å²) < 4.78 is 0. The molecule has 0 saturated heterocycles. The van der Waals surface area contributed by atoms with Gasteiger partial charge >= 0.3 is 0 Å². The van der Waals surface area contributed by atoms with Gasteiger partial charge in [-0.1, -0.05) is 30.3 Å². The summed E-state index contributed by atoms with van der Waals surface area (Å²) in [6.45, 7) is 3.91. The van der Waals surface area contributed by atoms with Crippen molar-refractivity contribution in [3.8, 4) is 6.07 Å². The van der Waals surface area contributed by atoms with Gasteiger partial charge in [0.2, 0.25) is 5.91 Å². The van der Waals surface area contributed by atoms with Crippen LogP contribution >= 0.6 is 0 Å². The number of nitrogens with one attached hydrogen (secondary N) is 3. The van der Waals surface area contributed by atoms with E-state index in [2.05, 4.69) is 33.1 Å². The maximum absolute atomic E-state index is 12.0. The maximum Gasteiger partial charge on any atom is 0.225 e. The van der Waals surface area contributed by atoms with Crippen molar-refractivity contribution in [3.05, 3.63) is 65.2 Å².